The maximum absolute atomic E-state index is 9.85. The number of halogens is 2. The molecule has 2 bridgehead atoms. The van der Waals surface area contributed by atoms with Crippen molar-refractivity contribution < 1.29 is 5.11 Å². The first kappa shape index (κ1) is 15.6. The van der Waals surface area contributed by atoms with Crippen molar-refractivity contribution in [1.82, 2.24) is 4.90 Å². The molecule has 0 amide bonds. The molecule has 2 heterocycles. The molecule has 2 saturated heterocycles. The molecule has 3 rings (SSSR count). The van der Waals surface area contributed by atoms with Crippen LogP contribution in [0.2, 0.25) is 10.0 Å². The fourth-order valence-electron chi connectivity index (χ4n) is 3.86. The Morgan fingerprint density at radius 2 is 1.90 bits per heavy atom. The Labute approximate surface area is 136 Å². The minimum atomic E-state index is -0.116. The van der Waals surface area contributed by atoms with Crippen LogP contribution in [0.1, 0.15) is 43.7 Å². The predicted molar refractivity (Wildman–Crippen MR) is 86.8 cm³/mol. The van der Waals surface area contributed by atoms with Gasteiger partial charge in [-0.05, 0) is 43.7 Å². The lowest BCUT2D eigenvalue weighted by Crippen LogP contribution is -2.45. The summed E-state index contributed by atoms with van der Waals surface area (Å²) in [6.45, 7) is 0.964. The third-order valence-corrected chi connectivity index (χ3v) is 5.77. The largest absolute Gasteiger partial charge is 0.393 e. The van der Waals surface area contributed by atoms with Gasteiger partial charge in [0.2, 0.25) is 0 Å². The smallest absolute Gasteiger partial charge is 0.0640 e. The van der Waals surface area contributed by atoms with Crippen molar-refractivity contribution in [2.45, 2.75) is 56.3 Å². The van der Waals surface area contributed by atoms with Crippen LogP contribution in [-0.4, -0.2) is 34.7 Å². The summed E-state index contributed by atoms with van der Waals surface area (Å²) in [5.41, 5.74) is 7.23. The molecule has 2 fully saturated rings. The van der Waals surface area contributed by atoms with Crippen LogP contribution in [0.25, 0.3) is 0 Å². The number of aliphatic hydroxyl groups is 1. The third kappa shape index (κ3) is 3.22. The van der Waals surface area contributed by atoms with Gasteiger partial charge in [-0.15, -0.1) is 0 Å². The van der Waals surface area contributed by atoms with Crippen molar-refractivity contribution in [2.75, 3.05) is 6.54 Å². The third-order valence-electron chi connectivity index (χ3n) is 4.94. The number of nitrogens with zero attached hydrogens (tertiary/aromatic N) is 1. The van der Waals surface area contributed by atoms with Gasteiger partial charge < -0.3 is 10.8 Å². The van der Waals surface area contributed by atoms with Crippen molar-refractivity contribution >= 4 is 23.2 Å². The highest BCUT2D eigenvalue weighted by Gasteiger charge is 2.39. The number of piperidine rings is 1. The molecule has 3 atom stereocenters. The Balaban J connectivity index is 1.62. The van der Waals surface area contributed by atoms with Crippen molar-refractivity contribution in [1.29, 1.82) is 0 Å². The van der Waals surface area contributed by atoms with Crippen LogP contribution >= 0.6 is 23.2 Å². The van der Waals surface area contributed by atoms with Gasteiger partial charge in [-0.25, -0.2) is 0 Å². The van der Waals surface area contributed by atoms with Gasteiger partial charge >= 0.3 is 0 Å². The first-order chi connectivity index (χ1) is 10.1. The molecule has 5 heteroatoms. The summed E-state index contributed by atoms with van der Waals surface area (Å²) in [5.74, 6) is 0. The number of rotatable bonds is 4. The van der Waals surface area contributed by atoms with Crippen LogP contribution in [-0.2, 0) is 0 Å². The number of benzene rings is 1. The number of fused-ring (bicyclic) bond motifs is 2. The summed E-state index contributed by atoms with van der Waals surface area (Å²) in [4.78, 5) is 2.53. The fourth-order valence-corrected chi connectivity index (χ4v) is 4.31. The van der Waals surface area contributed by atoms with E-state index in [1.54, 1.807) is 6.07 Å². The molecule has 1 aromatic rings. The zero-order valence-corrected chi connectivity index (χ0v) is 13.5. The summed E-state index contributed by atoms with van der Waals surface area (Å²) < 4.78 is 0. The Hall–Kier alpha value is -0.320. The molecule has 0 radical (unpaired) electrons. The van der Waals surface area contributed by atoms with Crippen molar-refractivity contribution in [3.05, 3.63) is 33.8 Å². The lowest BCUT2D eigenvalue weighted by atomic mass is 9.98. The molecule has 3 N–H and O–H groups in total. The molecule has 0 aliphatic carbocycles. The Morgan fingerprint density at radius 3 is 2.57 bits per heavy atom. The zero-order chi connectivity index (χ0) is 15.0. The molecule has 116 valence electrons. The van der Waals surface area contributed by atoms with E-state index in [1.807, 2.05) is 12.1 Å². The molecule has 2 aliphatic heterocycles. The minimum absolute atomic E-state index is 0.0950. The molecule has 3 nitrogen and oxygen atoms in total. The molecule has 1 aromatic carbocycles. The molecule has 21 heavy (non-hydrogen) atoms. The molecule has 2 aliphatic rings. The maximum atomic E-state index is 9.85. The van der Waals surface area contributed by atoms with E-state index in [0.717, 1.165) is 31.4 Å². The molecule has 0 saturated carbocycles. The number of hydrogen-bond acceptors (Lipinski definition) is 3. The summed E-state index contributed by atoms with van der Waals surface area (Å²) in [7, 11) is 0. The highest BCUT2D eigenvalue weighted by molar-refractivity contribution is 6.42. The van der Waals surface area contributed by atoms with Crippen LogP contribution in [0.3, 0.4) is 0 Å². The van der Waals surface area contributed by atoms with Crippen molar-refractivity contribution in [3.8, 4) is 0 Å². The molecule has 0 spiro atoms. The Bertz CT molecular complexity index is 497. The van der Waals surface area contributed by atoms with Gasteiger partial charge in [-0.2, -0.15) is 0 Å². The van der Waals surface area contributed by atoms with E-state index >= 15 is 0 Å². The Morgan fingerprint density at radius 1 is 1.24 bits per heavy atom. The highest BCUT2D eigenvalue weighted by atomic mass is 35.5. The fraction of sp³-hybridized carbons (Fsp3) is 0.625. The van der Waals surface area contributed by atoms with E-state index in [0.29, 0.717) is 22.1 Å². The quantitative estimate of drug-likeness (QED) is 0.890. The van der Waals surface area contributed by atoms with Gasteiger partial charge in [0.1, 0.15) is 0 Å². The Kier molecular flexibility index (Phi) is 4.77. The van der Waals surface area contributed by atoms with Crippen LogP contribution in [0, 0.1) is 0 Å². The van der Waals surface area contributed by atoms with Gasteiger partial charge in [0, 0.05) is 24.7 Å². The highest BCUT2D eigenvalue weighted by Crippen LogP contribution is 2.37. The predicted octanol–water partition coefficient (Wildman–Crippen LogP) is 3.37. The van der Waals surface area contributed by atoms with Crippen molar-refractivity contribution in [3.63, 3.8) is 0 Å². The van der Waals surface area contributed by atoms with Crippen molar-refractivity contribution in [2.24, 2.45) is 5.73 Å². The summed E-state index contributed by atoms with van der Waals surface area (Å²) >= 11 is 12.3. The normalized spacial score (nSPS) is 30.6. The number of aliphatic hydroxyl groups excluding tert-OH is 1. The van der Waals surface area contributed by atoms with Gasteiger partial charge in [-0.3, -0.25) is 4.90 Å². The lowest BCUT2D eigenvalue weighted by Gasteiger charge is -2.37. The van der Waals surface area contributed by atoms with E-state index in [4.69, 9.17) is 28.9 Å². The second-order valence-corrected chi connectivity index (χ2v) is 7.07. The summed E-state index contributed by atoms with van der Waals surface area (Å²) in [6, 6.07) is 6.59. The average Bonchev–Trinajstić information content (AvgIpc) is 2.69. The van der Waals surface area contributed by atoms with Crippen LogP contribution in [0.15, 0.2) is 18.2 Å². The van der Waals surface area contributed by atoms with E-state index in [1.165, 1.54) is 12.8 Å². The standard InChI is InChI=1S/C16H22Cl2N2O/c17-14-3-1-2-13(16(14)18)15(19)6-7-20-10-4-5-11(20)9-12(21)8-10/h1-3,10-12,15,21H,4-9,19H2. The average molecular weight is 329 g/mol. The first-order valence-electron chi connectivity index (χ1n) is 7.69. The molecular formula is C16H22Cl2N2O. The topological polar surface area (TPSA) is 49.5 Å². The van der Waals surface area contributed by atoms with E-state index in [-0.39, 0.29) is 12.1 Å². The second-order valence-electron chi connectivity index (χ2n) is 6.29. The van der Waals surface area contributed by atoms with Gasteiger partial charge in [-0.1, -0.05) is 35.3 Å². The molecular weight excluding hydrogens is 307 g/mol. The zero-order valence-electron chi connectivity index (χ0n) is 12.0. The van der Waals surface area contributed by atoms with E-state index in [2.05, 4.69) is 4.90 Å². The maximum Gasteiger partial charge on any atom is 0.0640 e. The molecule has 0 aromatic heterocycles. The second kappa shape index (κ2) is 6.43. The van der Waals surface area contributed by atoms with Crippen LogP contribution in [0.5, 0.6) is 0 Å². The number of nitrogens with two attached hydrogens (primary N) is 1. The SMILES string of the molecule is NC(CCN1C2CCC1CC(O)C2)c1cccc(Cl)c1Cl. The van der Waals surface area contributed by atoms with E-state index < -0.39 is 0 Å². The summed E-state index contributed by atoms with van der Waals surface area (Å²) in [6.07, 6.45) is 4.97. The first-order valence-corrected chi connectivity index (χ1v) is 8.45. The molecule has 3 unspecified atom stereocenters. The van der Waals surface area contributed by atoms with Gasteiger partial charge in [0.15, 0.2) is 0 Å². The minimum Gasteiger partial charge on any atom is -0.393 e. The van der Waals surface area contributed by atoms with Gasteiger partial charge in [0.05, 0.1) is 16.1 Å². The summed E-state index contributed by atoms with van der Waals surface area (Å²) in [5, 5.41) is 11.0. The van der Waals surface area contributed by atoms with Gasteiger partial charge in [0.25, 0.3) is 0 Å². The monoisotopic (exact) mass is 328 g/mol. The number of hydrogen-bond donors (Lipinski definition) is 2. The van der Waals surface area contributed by atoms with Crippen LogP contribution in [0.4, 0.5) is 0 Å². The lowest BCUT2D eigenvalue weighted by molar-refractivity contribution is 0.0340. The van der Waals surface area contributed by atoms with Crippen LogP contribution < -0.4 is 5.73 Å². The van der Waals surface area contributed by atoms with E-state index in [9.17, 15) is 5.11 Å².